The van der Waals surface area contributed by atoms with E-state index >= 15 is 0 Å². The van der Waals surface area contributed by atoms with Gasteiger partial charge in [-0.25, -0.2) is 25.9 Å². The lowest BCUT2D eigenvalue weighted by Crippen LogP contribution is -2.26. The molecule has 0 atom stereocenters. The molecule has 6 nitrogen and oxygen atoms in total. The summed E-state index contributed by atoms with van der Waals surface area (Å²) >= 11 is 0. The van der Waals surface area contributed by atoms with Crippen molar-refractivity contribution in [3.8, 4) is 0 Å². The van der Waals surface area contributed by atoms with E-state index in [1.54, 1.807) is 30.3 Å². The lowest BCUT2D eigenvalue weighted by atomic mass is 10.2. The summed E-state index contributed by atoms with van der Waals surface area (Å²) in [6.45, 7) is -0.120. The summed E-state index contributed by atoms with van der Waals surface area (Å²) in [6.07, 6.45) is 1.48. The third kappa shape index (κ3) is 5.23. The van der Waals surface area contributed by atoms with Crippen molar-refractivity contribution >= 4 is 26.1 Å². The standard InChI is InChI=1S/C17H20N2O4S2/c1-19(2)25(22,23)17-11-7-6-10-16(17)14-18-24(20,21)13-12-15-8-4-3-5-9-15/h3-13,18H,14H2,1-2H3/b13-12+. The fourth-order valence-electron chi connectivity index (χ4n) is 2.06. The van der Waals surface area contributed by atoms with Crippen LogP contribution in [0.4, 0.5) is 0 Å². The van der Waals surface area contributed by atoms with Crippen molar-refractivity contribution in [1.29, 1.82) is 0 Å². The Morgan fingerprint density at radius 1 is 0.920 bits per heavy atom. The van der Waals surface area contributed by atoms with Gasteiger partial charge in [-0.1, -0.05) is 48.5 Å². The zero-order valence-corrected chi connectivity index (χ0v) is 15.6. The summed E-state index contributed by atoms with van der Waals surface area (Å²) in [5.74, 6) is 0. The molecule has 0 aliphatic rings. The predicted octanol–water partition coefficient (Wildman–Crippen LogP) is 2.03. The Kier molecular flexibility index (Phi) is 6.12. The Balaban J connectivity index is 2.18. The van der Waals surface area contributed by atoms with Crippen LogP contribution in [0.25, 0.3) is 6.08 Å². The smallest absolute Gasteiger partial charge is 0.208 e. The lowest BCUT2D eigenvalue weighted by Gasteiger charge is -2.15. The third-order valence-corrected chi connectivity index (χ3v) is 6.39. The third-order valence-electron chi connectivity index (χ3n) is 3.43. The maximum atomic E-state index is 12.3. The Bertz CT molecular complexity index is 951. The van der Waals surface area contributed by atoms with E-state index in [4.69, 9.17) is 0 Å². The summed E-state index contributed by atoms with van der Waals surface area (Å²) in [5.41, 5.74) is 1.14. The van der Waals surface area contributed by atoms with Gasteiger partial charge in [0, 0.05) is 26.0 Å². The van der Waals surface area contributed by atoms with Crippen molar-refractivity contribution in [3.05, 3.63) is 71.1 Å². The largest absolute Gasteiger partial charge is 0.242 e. The zero-order chi connectivity index (χ0) is 18.5. The molecule has 0 amide bonds. The maximum absolute atomic E-state index is 12.3. The number of hydrogen-bond acceptors (Lipinski definition) is 4. The summed E-state index contributed by atoms with van der Waals surface area (Å²) < 4.78 is 52.4. The summed E-state index contributed by atoms with van der Waals surface area (Å²) in [7, 11) is -4.49. The van der Waals surface area contributed by atoms with Crippen LogP contribution in [0.15, 0.2) is 64.9 Å². The molecule has 2 aromatic carbocycles. The van der Waals surface area contributed by atoms with Crippen LogP contribution in [0.5, 0.6) is 0 Å². The minimum atomic E-state index is -3.70. The first kappa shape index (κ1) is 19.3. The maximum Gasteiger partial charge on any atom is 0.242 e. The number of rotatable bonds is 7. The highest BCUT2D eigenvalue weighted by Crippen LogP contribution is 2.18. The van der Waals surface area contributed by atoms with Crippen LogP contribution in [-0.4, -0.2) is 35.2 Å². The second kappa shape index (κ2) is 7.92. The number of nitrogens with zero attached hydrogens (tertiary/aromatic N) is 1. The van der Waals surface area contributed by atoms with Crippen LogP contribution in [0.1, 0.15) is 11.1 Å². The molecule has 2 aromatic rings. The average Bonchev–Trinajstić information content (AvgIpc) is 2.59. The van der Waals surface area contributed by atoms with E-state index in [0.717, 1.165) is 15.3 Å². The highest BCUT2D eigenvalue weighted by atomic mass is 32.2. The molecule has 0 aliphatic carbocycles. The van der Waals surface area contributed by atoms with Crippen molar-refractivity contribution in [2.24, 2.45) is 0 Å². The van der Waals surface area contributed by atoms with Gasteiger partial charge in [-0.2, -0.15) is 0 Å². The first-order valence-corrected chi connectivity index (χ1v) is 10.4. The molecule has 0 bridgehead atoms. The average molecular weight is 380 g/mol. The normalized spacial score (nSPS) is 12.8. The van der Waals surface area contributed by atoms with E-state index in [2.05, 4.69) is 4.72 Å². The van der Waals surface area contributed by atoms with Gasteiger partial charge < -0.3 is 0 Å². The van der Waals surface area contributed by atoms with Crippen LogP contribution >= 0.6 is 0 Å². The van der Waals surface area contributed by atoms with Gasteiger partial charge >= 0.3 is 0 Å². The van der Waals surface area contributed by atoms with E-state index in [-0.39, 0.29) is 11.4 Å². The minimum absolute atomic E-state index is 0.0785. The molecule has 0 radical (unpaired) electrons. The molecule has 2 rings (SSSR count). The van der Waals surface area contributed by atoms with Gasteiger partial charge in [-0.3, -0.25) is 0 Å². The van der Waals surface area contributed by atoms with Crippen molar-refractivity contribution in [3.63, 3.8) is 0 Å². The SMILES string of the molecule is CN(C)S(=O)(=O)c1ccccc1CNS(=O)(=O)/C=C/c1ccccc1. The quantitative estimate of drug-likeness (QED) is 0.797. The highest BCUT2D eigenvalue weighted by Gasteiger charge is 2.21. The van der Waals surface area contributed by atoms with E-state index in [1.165, 1.54) is 26.2 Å². The lowest BCUT2D eigenvalue weighted by molar-refractivity contribution is 0.519. The molecule has 0 unspecified atom stereocenters. The number of hydrogen-bond donors (Lipinski definition) is 1. The molecule has 1 N–H and O–H groups in total. The summed E-state index contributed by atoms with van der Waals surface area (Å²) in [4.78, 5) is 0.0785. The molecule has 0 spiro atoms. The Hall–Kier alpha value is -2.00. The van der Waals surface area contributed by atoms with E-state index in [9.17, 15) is 16.8 Å². The Morgan fingerprint density at radius 3 is 2.16 bits per heavy atom. The number of benzene rings is 2. The molecule has 25 heavy (non-hydrogen) atoms. The van der Waals surface area contributed by atoms with Gasteiger partial charge in [0.05, 0.1) is 4.90 Å². The molecule has 0 heterocycles. The first-order chi connectivity index (χ1) is 11.7. The molecule has 8 heteroatoms. The molecular weight excluding hydrogens is 360 g/mol. The highest BCUT2D eigenvalue weighted by molar-refractivity contribution is 7.92. The van der Waals surface area contributed by atoms with Crippen molar-refractivity contribution in [1.82, 2.24) is 9.03 Å². The van der Waals surface area contributed by atoms with Gasteiger partial charge in [0.2, 0.25) is 20.0 Å². The number of nitrogens with one attached hydrogen (secondary N) is 1. The van der Waals surface area contributed by atoms with Crippen LogP contribution < -0.4 is 4.72 Å². The van der Waals surface area contributed by atoms with Gasteiger partial charge in [0.1, 0.15) is 0 Å². The second-order valence-electron chi connectivity index (χ2n) is 5.47. The van der Waals surface area contributed by atoms with Crippen LogP contribution in [-0.2, 0) is 26.6 Å². The molecular formula is C17H20N2O4S2. The van der Waals surface area contributed by atoms with Crippen LogP contribution in [0, 0.1) is 0 Å². The fourth-order valence-corrected chi connectivity index (χ4v) is 3.96. The van der Waals surface area contributed by atoms with Gasteiger partial charge in [-0.15, -0.1) is 0 Å². The van der Waals surface area contributed by atoms with Crippen LogP contribution in [0.2, 0.25) is 0 Å². The summed E-state index contributed by atoms with van der Waals surface area (Å²) in [5, 5.41) is 1.06. The zero-order valence-electron chi connectivity index (χ0n) is 14.0. The molecule has 0 fully saturated rings. The Morgan fingerprint density at radius 2 is 1.52 bits per heavy atom. The first-order valence-electron chi connectivity index (χ1n) is 7.45. The van der Waals surface area contributed by atoms with Gasteiger partial charge in [0.25, 0.3) is 0 Å². The van der Waals surface area contributed by atoms with Gasteiger partial charge in [0.15, 0.2) is 0 Å². The molecule has 0 saturated carbocycles. The minimum Gasteiger partial charge on any atom is -0.208 e. The monoisotopic (exact) mass is 380 g/mol. The second-order valence-corrected chi connectivity index (χ2v) is 9.25. The predicted molar refractivity (Wildman–Crippen MR) is 98.6 cm³/mol. The van der Waals surface area contributed by atoms with E-state index in [1.807, 2.05) is 18.2 Å². The van der Waals surface area contributed by atoms with E-state index < -0.39 is 20.0 Å². The molecule has 0 aliphatic heterocycles. The van der Waals surface area contributed by atoms with Gasteiger partial charge in [-0.05, 0) is 23.3 Å². The fraction of sp³-hybridized carbons (Fsp3) is 0.176. The molecule has 0 saturated heterocycles. The topological polar surface area (TPSA) is 83.6 Å². The molecule has 134 valence electrons. The Labute approximate surface area is 148 Å². The van der Waals surface area contributed by atoms with Crippen LogP contribution in [0.3, 0.4) is 0 Å². The van der Waals surface area contributed by atoms with Crippen molar-refractivity contribution in [2.45, 2.75) is 11.4 Å². The summed E-state index contributed by atoms with van der Waals surface area (Å²) in [6, 6.07) is 15.3. The number of sulfonamides is 2. The van der Waals surface area contributed by atoms with Crippen molar-refractivity contribution < 1.29 is 16.8 Å². The van der Waals surface area contributed by atoms with Crippen molar-refractivity contribution in [2.75, 3.05) is 14.1 Å². The van der Waals surface area contributed by atoms with E-state index in [0.29, 0.717) is 5.56 Å². The molecule has 0 aromatic heterocycles.